The first-order chi connectivity index (χ1) is 5.86. The lowest BCUT2D eigenvalue weighted by atomic mass is 10.1. The Labute approximate surface area is 72.9 Å². The molecule has 0 aromatic carbocycles. The summed E-state index contributed by atoms with van der Waals surface area (Å²) in [5.74, 6) is 5.39. The summed E-state index contributed by atoms with van der Waals surface area (Å²) in [4.78, 5) is 0. The molecule has 0 aliphatic heterocycles. The minimum atomic E-state index is 0.368. The Hall–Kier alpha value is -0.800. The molecule has 3 heteroatoms. The summed E-state index contributed by atoms with van der Waals surface area (Å²) in [6.07, 6.45) is 6.64. The number of nitrogens with two attached hydrogens (primary N) is 1. The summed E-state index contributed by atoms with van der Waals surface area (Å²) in [5.41, 5.74) is 4.00. The average Bonchev–Trinajstić information content (AvgIpc) is 2.56. The van der Waals surface area contributed by atoms with Crippen LogP contribution in [0.1, 0.15) is 25.3 Å². The van der Waals surface area contributed by atoms with Crippen LogP contribution in [-0.2, 0) is 6.42 Å². The lowest BCUT2D eigenvalue weighted by molar-refractivity contribution is 0.482. The summed E-state index contributed by atoms with van der Waals surface area (Å²) in [6.45, 7) is 2.15. The summed E-state index contributed by atoms with van der Waals surface area (Å²) in [5, 5.41) is 0. The third-order valence-corrected chi connectivity index (χ3v) is 1.94. The van der Waals surface area contributed by atoms with Gasteiger partial charge in [-0.25, -0.2) is 0 Å². The number of furan rings is 1. The Morgan fingerprint density at radius 2 is 2.50 bits per heavy atom. The van der Waals surface area contributed by atoms with E-state index in [-0.39, 0.29) is 0 Å². The zero-order valence-electron chi connectivity index (χ0n) is 7.42. The molecule has 1 atom stereocenters. The van der Waals surface area contributed by atoms with Crippen molar-refractivity contribution in [1.29, 1.82) is 0 Å². The molecule has 0 spiro atoms. The maximum Gasteiger partial charge on any atom is 0.0935 e. The first-order valence-electron chi connectivity index (χ1n) is 4.34. The molecule has 3 N–H and O–H groups in total. The van der Waals surface area contributed by atoms with Crippen LogP contribution in [0.4, 0.5) is 0 Å². The van der Waals surface area contributed by atoms with Crippen molar-refractivity contribution in [1.82, 2.24) is 5.43 Å². The smallest absolute Gasteiger partial charge is 0.0935 e. The Morgan fingerprint density at radius 3 is 3.00 bits per heavy atom. The van der Waals surface area contributed by atoms with Gasteiger partial charge in [-0.15, -0.1) is 0 Å². The highest BCUT2D eigenvalue weighted by Crippen LogP contribution is 2.07. The van der Waals surface area contributed by atoms with Crippen molar-refractivity contribution in [3.8, 4) is 0 Å². The van der Waals surface area contributed by atoms with Crippen molar-refractivity contribution in [2.45, 2.75) is 32.2 Å². The molecule has 68 valence electrons. The van der Waals surface area contributed by atoms with Gasteiger partial charge >= 0.3 is 0 Å². The number of rotatable bonds is 5. The molecular weight excluding hydrogens is 152 g/mol. The highest BCUT2D eigenvalue weighted by atomic mass is 16.3. The second-order valence-corrected chi connectivity index (χ2v) is 2.99. The van der Waals surface area contributed by atoms with Gasteiger partial charge in [0, 0.05) is 6.04 Å². The fourth-order valence-electron chi connectivity index (χ4n) is 1.29. The predicted octanol–water partition coefficient (Wildman–Crippen LogP) is 1.45. The molecule has 0 bridgehead atoms. The number of nitrogens with one attached hydrogen (secondary N) is 1. The van der Waals surface area contributed by atoms with Crippen molar-refractivity contribution in [3.05, 3.63) is 24.2 Å². The Morgan fingerprint density at radius 1 is 1.67 bits per heavy atom. The van der Waals surface area contributed by atoms with Crippen LogP contribution in [0.15, 0.2) is 23.0 Å². The second-order valence-electron chi connectivity index (χ2n) is 2.99. The molecule has 12 heavy (non-hydrogen) atoms. The van der Waals surface area contributed by atoms with E-state index in [1.165, 1.54) is 5.56 Å². The van der Waals surface area contributed by atoms with Crippen LogP contribution in [0.25, 0.3) is 0 Å². The summed E-state index contributed by atoms with van der Waals surface area (Å²) in [7, 11) is 0. The molecule has 1 heterocycles. The molecule has 0 aliphatic rings. The van der Waals surface area contributed by atoms with Crippen molar-refractivity contribution >= 4 is 0 Å². The van der Waals surface area contributed by atoms with Gasteiger partial charge in [0.15, 0.2) is 0 Å². The summed E-state index contributed by atoms with van der Waals surface area (Å²) < 4.78 is 4.97. The van der Waals surface area contributed by atoms with E-state index in [9.17, 15) is 0 Å². The van der Waals surface area contributed by atoms with Gasteiger partial charge in [-0.2, -0.15) is 0 Å². The Bertz CT molecular complexity index is 196. The minimum Gasteiger partial charge on any atom is -0.472 e. The summed E-state index contributed by atoms with van der Waals surface area (Å²) >= 11 is 0. The van der Waals surface area contributed by atoms with Crippen LogP contribution in [-0.4, -0.2) is 6.04 Å². The van der Waals surface area contributed by atoms with E-state index >= 15 is 0 Å². The number of hydrogen-bond acceptors (Lipinski definition) is 3. The van der Waals surface area contributed by atoms with Crippen molar-refractivity contribution < 1.29 is 4.42 Å². The maximum atomic E-state index is 5.39. The van der Waals surface area contributed by atoms with Gasteiger partial charge in [-0.1, -0.05) is 13.3 Å². The van der Waals surface area contributed by atoms with E-state index in [0.29, 0.717) is 6.04 Å². The van der Waals surface area contributed by atoms with Crippen LogP contribution in [0, 0.1) is 0 Å². The molecule has 1 aromatic rings. The zero-order valence-corrected chi connectivity index (χ0v) is 7.42. The van der Waals surface area contributed by atoms with E-state index in [4.69, 9.17) is 10.3 Å². The molecule has 1 aromatic heterocycles. The quantitative estimate of drug-likeness (QED) is 0.517. The third kappa shape index (κ3) is 2.68. The molecule has 0 saturated carbocycles. The van der Waals surface area contributed by atoms with Crippen molar-refractivity contribution in [2.75, 3.05) is 0 Å². The fourth-order valence-corrected chi connectivity index (χ4v) is 1.29. The van der Waals surface area contributed by atoms with Gasteiger partial charge in [-0.05, 0) is 24.5 Å². The van der Waals surface area contributed by atoms with Crippen LogP contribution < -0.4 is 11.3 Å². The normalized spacial score (nSPS) is 13.2. The molecule has 0 saturated heterocycles. The molecule has 0 amide bonds. The van der Waals surface area contributed by atoms with Crippen LogP contribution in [0.3, 0.4) is 0 Å². The Balaban J connectivity index is 2.37. The van der Waals surface area contributed by atoms with Gasteiger partial charge in [0.2, 0.25) is 0 Å². The van der Waals surface area contributed by atoms with Gasteiger partial charge in [-0.3, -0.25) is 11.3 Å². The highest BCUT2D eigenvalue weighted by Gasteiger charge is 2.06. The highest BCUT2D eigenvalue weighted by molar-refractivity contribution is 5.07. The molecule has 1 unspecified atom stereocenters. The number of hydrazine groups is 1. The Kier molecular flexibility index (Phi) is 3.84. The molecule has 1 rings (SSSR count). The third-order valence-electron chi connectivity index (χ3n) is 1.94. The van der Waals surface area contributed by atoms with Gasteiger partial charge in [0.25, 0.3) is 0 Å². The molecule has 0 aliphatic carbocycles. The monoisotopic (exact) mass is 168 g/mol. The first-order valence-corrected chi connectivity index (χ1v) is 4.34. The first kappa shape index (κ1) is 9.29. The van der Waals surface area contributed by atoms with E-state index in [2.05, 4.69) is 12.3 Å². The van der Waals surface area contributed by atoms with E-state index in [1.54, 1.807) is 12.5 Å². The van der Waals surface area contributed by atoms with Crippen molar-refractivity contribution in [2.24, 2.45) is 5.84 Å². The van der Waals surface area contributed by atoms with Crippen LogP contribution in [0.2, 0.25) is 0 Å². The molecule has 0 fully saturated rings. The van der Waals surface area contributed by atoms with E-state index < -0.39 is 0 Å². The lowest BCUT2D eigenvalue weighted by Crippen LogP contribution is -2.36. The second kappa shape index (κ2) is 4.95. The SMILES string of the molecule is CCCC(Cc1ccoc1)NN. The predicted molar refractivity (Wildman–Crippen MR) is 48.4 cm³/mol. The largest absolute Gasteiger partial charge is 0.472 e. The maximum absolute atomic E-state index is 5.39. The molecule has 0 radical (unpaired) electrons. The molecule has 3 nitrogen and oxygen atoms in total. The zero-order chi connectivity index (χ0) is 8.81. The van der Waals surface area contributed by atoms with Gasteiger partial charge in [0.1, 0.15) is 0 Å². The minimum absolute atomic E-state index is 0.368. The van der Waals surface area contributed by atoms with E-state index in [0.717, 1.165) is 19.3 Å². The lowest BCUT2D eigenvalue weighted by Gasteiger charge is -2.12. The summed E-state index contributed by atoms with van der Waals surface area (Å²) in [6, 6.07) is 2.34. The van der Waals surface area contributed by atoms with Crippen LogP contribution in [0.5, 0.6) is 0 Å². The average molecular weight is 168 g/mol. The topological polar surface area (TPSA) is 51.2 Å². The molecular formula is C9H16N2O. The van der Waals surface area contributed by atoms with E-state index in [1.807, 2.05) is 6.07 Å². The standard InChI is InChI=1S/C9H16N2O/c1-2-3-9(11-10)6-8-4-5-12-7-8/h4-5,7,9,11H,2-3,6,10H2,1H3. The number of hydrogen-bond donors (Lipinski definition) is 2. The van der Waals surface area contributed by atoms with Crippen LogP contribution >= 0.6 is 0 Å². The van der Waals surface area contributed by atoms with Gasteiger partial charge < -0.3 is 4.42 Å². The van der Waals surface area contributed by atoms with Crippen molar-refractivity contribution in [3.63, 3.8) is 0 Å². The fraction of sp³-hybridized carbons (Fsp3) is 0.556. The van der Waals surface area contributed by atoms with Gasteiger partial charge in [0.05, 0.1) is 12.5 Å².